The minimum absolute atomic E-state index is 0. The molecule has 0 aliphatic heterocycles. The van der Waals surface area contributed by atoms with Gasteiger partial charge in [-0.05, 0) is 81.7 Å². The van der Waals surface area contributed by atoms with E-state index in [1.807, 2.05) is 48.8 Å². The van der Waals surface area contributed by atoms with Crippen LogP contribution in [-0.4, -0.2) is 45.4 Å². The maximum absolute atomic E-state index is 12.0. The van der Waals surface area contributed by atoms with Gasteiger partial charge in [-0.25, -0.2) is 20.0 Å². The van der Waals surface area contributed by atoms with Crippen LogP contribution in [0.25, 0.3) is 31.1 Å². The number of pyridine rings is 2. The number of hydrogen-bond donors (Lipinski definition) is 0. The summed E-state index contributed by atoms with van der Waals surface area (Å²) in [5, 5.41) is 25.9. The molecule has 0 atom stereocenters. The van der Waals surface area contributed by atoms with E-state index in [-0.39, 0.29) is 70.7 Å². The summed E-state index contributed by atoms with van der Waals surface area (Å²) in [5.41, 5.74) is 9.93. The SMILES string of the molecule is CC(C)c1cccc(C(C)C)c1N=Cc1ccc2cccc([O-])c2[nH+]1.CC(C)c1cccc(C(C)C)c1N=Cc1ccc2cccc([O-])c2[nH+]1.C[Si](C)(C)[N-][Si](C)(C)C.C[Si](C)(C)[N-][Si](C)(C)C.[Li+].[Sm+3]. The molecule has 0 bridgehead atoms. The van der Waals surface area contributed by atoms with Crippen molar-refractivity contribution in [2.75, 3.05) is 0 Å². The molecule has 70 heavy (non-hydrogen) atoms. The number of hydrogen-bond acceptors (Lipinski definition) is 4. The number of para-hydroxylation sites is 4. The van der Waals surface area contributed by atoms with Crippen LogP contribution in [0.3, 0.4) is 0 Å². The van der Waals surface area contributed by atoms with E-state index in [9.17, 15) is 10.2 Å². The third-order valence-corrected chi connectivity index (χ3v) is 21.0. The van der Waals surface area contributed by atoms with Crippen LogP contribution in [0.2, 0.25) is 78.6 Å². The van der Waals surface area contributed by atoms with Gasteiger partial charge in [0.2, 0.25) is 22.4 Å². The first-order chi connectivity index (χ1) is 31.4. The molecule has 0 amide bonds. The zero-order valence-corrected chi connectivity index (χ0v) is 53.3. The molecule has 371 valence electrons. The summed E-state index contributed by atoms with van der Waals surface area (Å²) in [6.45, 7) is 45.0. The van der Waals surface area contributed by atoms with E-state index in [0.717, 1.165) is 33.5 Å². The van der Waals surface area contributed by atoms with Gasteiger partial charge in [0.1, 0.15) is 0 Å². The summed E-state index contributed by atoms with van der Waals surface area (Å²) in [5.74, 6) is 1.61. The van der Waals surface area contributed by atoms with Gasteiger partial charge in [-0.2, -0.15) is 0 Å². The van der Waals surface area contributed by atoms with Gasteiger partial charge in [-0.3, -0.25) is 0 Å². The van der Waals surface area contributed by atoms with E-state index in [0.29, 0.717) is 34.7 Å². The van der Waals surface area contributed by atoms with E-state index in [2.05, 4.69) is 180 Å². The zero-order chi connectivity index (χ0) is 51.4. The predicted octanol–water partition coefficient (Wildman–Crippen LogP) is 12.5. The Labute approximate surface area is 472 Å². The van der Waals surface area contributed by atoms with E-state index < -0.39 is 32.9 Å². The molecule has 8 nitrogen and oxygen atoms in total. The molecule has 1 radical (unpaired) electrons. The molecule has 2 aromatic heterocycles. The normalized spacial score (nSPS) is 12.1. The molecule has 0 saturated carbocycles. The van der Waals surface area contributed by atoms with Crippen LogP contribution >= 0.6 is 0 Å². The van der Waals surface area contributed by atoms with Crippen molar-refractivity contribution in [1.29, 1.82) is 0 Å². The van der Waals surface area contributed by atoms with Crippen molar-refractivity contribution in [3.8, 4) is 11.5 Å². The van der Waals surface area contributed by atoms with Crippen molar-refractivity contribution in [2.24, 2.45) is 9.98 Å². The van der Waals surface area contributed by atoms with Gasteiger partial charge in [0, 0.05) is 22.9 Å². The topological polar surface area (TPSA) is 127 Å². The molecule has 0 fully saturated rings. The number of fused-ring (bicyclic) bond motifs is 2. The fraction of sp³-hybridized carbons (Fsp3) is 0.429. The average Bonchev–Trinajstić information content (AvgIpc) is 3.20. The number of aromatic nitrogens is 2. The number of H-pyrrole nitrogens is 2. The summed E-state index contributed by atoms with van der Waals surface area (Å²) < 4.78 is 9.64. The molecule has 0 aliphatic rings. The number of aromatic amines is 2. The molecule has 0 unspecified atom stereocenters. The molecule has 6 aromatic rings. The number of nitrogens with zero attached hydrogens (tertiary/aromatic N) is 4. The summed E-state index contributed by atoms with van der Waals surface area (Å²) in [7, 11) is -4.42. The van der Waals surface area contributed by atoms with Crippen molar-refractivity contribution in [3.63, 3.8) is 0 Å². The third-order valence-electron chi connectivity index (χ3n) is 10.2. The molecule has 14 heteroatoms. The summed E-state index contributed by atoms with van der Waals surface area (Å²) in [6, 6.07) is 31.2. The molecule has 0 aliphatic carbocycles. The second-order valence-corrected chi connectivity index (χ2v) is 42.0. The molecule has 0 saturated heterocycles. The van der Waals surface area contributed by atoms with Crippen LogP contribution in [0.4, 0.5) is 11.4 Å². The van der Waals surface area contributed by atoms with Crippen molar-refractivity contribution < 1.29 is 79.4 Å². The minimum atomic E-state index is -1.11. The van der Waals surface area contributed by atoms with Crippen molar-refractivity contribution in [1.82, 2.24) is 0 Å². The Bertz CT molecular complexity index is 2370. The van der Waals surface area contributed by atoms with Crippen molar-refractivity contribution >= 4 is 78.6 Å². The fourth-order valence-electron chi connectivity index (χ4n) is 8.13. The molecule has 4 aromatic carbocycles. The fourth-order valence-corrected chi connectivity index (χ4v) is 24.2. The second kappa shape index (κ2) is 28.7. The van der Waals surface area contributed by atoms with Gasteiger partial charge in [0.05, 0.1) is 23.8 Å². The summed E-state index contributed by atoms with van der Waals surface area (Å²) in [4.78, 5) is 16.0. The van der Waals surface area contributed by atoms with Crippen molar-refractivity contribution in [2.45, 2.75) is 158 Å². The van der Waals surface area contributed by atoms with Gasteiger partial charge in [-0.1, -0.05) is 228 Å². The van der Waals surface area contributed by atoms with E-state index in [4.69, 9.17) is 19.3 Å². The minimum Gasteiger partial charge on any atom is -0.868 e. The first-order valence-electron chi connectivity index (χ1n) is 24.4. The Balaban J connectivity index is 0.000000512. The van der Waals surface area contributed by atoms with Gasteiger partial charge in [0.15, 0.2) is 0 Å². The number of aliphatic imine (C=N–C) groups is 2. The first kappa shape index (κ1) is 65.4. The van der Waals surface area contributed by atoms with Gasteiger partial charge >= 0.3 is 59.2 Å². The number of rotatable bonds is 12. The largest absolute Gasteiger partial charge is 3.00 e. The monoisotopic (exact) mass is 1140 g/mol. The smallest absolute Gasteiger partial charge is 0.868 e. The molecule has 6 rings (SSSR count). The van der Waals surface area contributed by atoms with Crippen LogP contribution < -0.4 is 39.0 Å². The maximum atomic E-state index is 12.0. The van der Waals surface area contributed by atoms with E-state index >= 15 is 0 Å². The van der Waals surface area contributed by atoms with Crippen molar-refractivity contribution in [3.05, 3.63) is 140 Å². The second-order valence-electron chi connectivity index (χ2n) is 22.9. The zero-order valence-electron chi connectivity index (χ0n) is 46.7. The Morgan fingerprint density at radius 1 is 0.414 bits per heavy atom. The maximum Gasteiger partial charge on any atom is 3.00 e. The Kier molecular flexibility index (Phi) is 26.8. The molecule has 2 N–H and O–H groups in total. The number of benzene rings is 4. The first-order valence-corrected chi connectivity index (χ1v) is 38.2. The molecular weight excluding hydrogens is 1060 g/mol. The van der Waals surface area contributed by atoms with Gasteiger partial charge in [0.25, 0.3) is 0 Å². The van der Waals surface area contributed by atoms with Crippen LogP contribution in [0, 0.1) is 40.4 Å². The molecular formula is C56H84LiN6O2Si4Sm+2. The number of nitrogens with one attached hydrogen (secondary N) is 2. The van der Waals surface area contributed by atoms with E-state index in [1.54, 1.807) is 24.3 Å². The quantitative estimate of drug-likeness (QED) is 0.0893. The standard InChI is InChI=1S/2C22H24N2O.2C6H18NSi2.Li.Sm/c2*1-14(2)18-8-6-9-19(15(3)4)22(18)23-13-17-12-11-16-7-5-10-20(25)21(16)24-17;2*1-8(2,3)7-9(4,5)6;;/h2*5-15,25H,1-4H3;2*1-6H3;;/q;;2*-1;+1;+3. The Morgan fingerprint density at radius 3 is 0.900 bits per heavy atom. The Morgan fingerprint density at radius 2 is 0.671 bits per heavy atom. The van der Waals surface area contributed by atoms with Gasteiger partial charge < -0.3 is 19.5 Å². The molecule has 2 heterocycles. The predicted molar refractivity (Wildman–Crippen MR) is 304 cm³/mol. The molecule has 0 spiro atoms. The summed E-state index contributed by atoms with van der Waals surface area (Å²) in [6.07, 6.45) is 3.64. The van der Waals surface area contributed by atoms with Crippen LogP contribution in [-0.2, 0) is 0 Å². The van der Waals surface area contributed by atoms with Crippen LogP contribution in [0.1, 0.15) is 113 Å². The third kappa shape index (κ3) is 22.6. The summed E-state index contributed by atoms with van der Waals surface area (Å²) >= 11 is 0. The Hall–Kier alpha value is -2.64. The van der Waals surface area contributed by atoms with Crippen LogP contribution in [0.15, 0.2) is 107 Å². The van der Waals surface area contributed by atoms with Gasteiger partial charge in [-0.15, -0.1) is 0 Å². The average molecular weight is 1140 g/mol. The van der Waals surface area contributed by atoms with Crippen LogP contribution in [0.5, 0.6) is 11.5 Å². The van der Waals surface area contributed by atoms with E-state index in [1.165, 1.54) is 22.3 Å².